The Bertz CT molecular complexity index is 703. The number of nitrogens with one attached hydrogen (secondary N) is 1. The molecule has 1 heterocycles. The van der Waals surface area contributed by atoms with Crippen LogP contribution in [0, 0.1) is 5.92 Å². The van der Waals surface area contributed by atoms with Gasteiger partial charge in [0, 0.05) is 5.69 Å². The van der Waals surface area contributed by atoms with Gasteiger partial charge in [0.05, 0.1) is 12.5 Å². The van der Waals surface area contributed by atoms with Gasteiger partial charge in [0.2, 0.25) is 12.3 Å². The van der Waals surface area contributed by atoms with Gasteiger partial charge < -0.3 is 5.32 Å². The summed E-state index contributed by atoms with van der Waals surface area (Å²) in [5.74, 6) is -0.367. The van der Waals surface area contributed by atoms with Gasteiger partial charge in [-0.1, -0.05) is 48.5 Å². The second-order valence-electron chi connectivity index (χ2n) is 5.85. The van der Waals surface area contributed by atoms with E-state index in [2.05, 4.69) is 5.32 Å². The van der Waals surface area contributed by atoms with Crippen LogP contribution in [-0.2, 0) is 27.5 Å². The topological polar surface area (TPSA) is 58.6 Å². The molecule has 124 valence electrons. The molecule has 2 aromatic rings. The Morgan fingerprint density at radius 3 is 2.67 bits per heavy atom. The Morgan fingerprint density at radius 2 is 1.88 bits per heavy atom. The van der Waals surface area contributed by atoms with Crippen LogP contribution in [0.15, 0.2) is 54.6 Å². The normalized spacial score (nSPS) is 16.7. The quantitative estimate of drug-likeness (QED) is 0.656. The highest BCUT2D eigenvalue weighted by atomic mass is 16.7. The first-order chi connectivity index (χ1) is 11.8. The van der Waals surface area contributed by atoms with E-state index in [1.807, 2.05) is 54.6 Å². The number of benzene rings is 2. The minimum atomic E-state index is -0.293. The van der Waals surface area contributed by atoms with Gasteiger partial charge in [0.15, 0.2) is 0 Å². The molecule has 0 radical (unpaired) electrons. The van der Waals surface area contributed by atoms with Crippen LogP contribution in [0.2, 0.25) is 0 Å². The molecule has 0 aromatic heterocycles. The molecular weight excluding hydrogens is 304 g/mol. The van der Waals surface area contributed by atoms with Gasteiger partial charge >= 0.3 is 0 Å². The zero-order valence-electron chi connectivity index (χ0n) is 13.4. The van der Waals surface area contributed by atoms with Crippen molar-refractivity contribution in [1.82, 2.24) is 5.06 Å². The number of rotatable bonds is 6. The molecule has 5 nitrogen and oxygen atoms in total. The number of para-hydroxylation sites is 1. The number of carbonyl (C=O) groups excluding carboxylic acids is 2. The Hall–Kier alpha value is -2.66. The number of fused-ring (bicyclic) bond motifs is 1. The van der Waals surface area contributed by atoms with Crippen LogP contribution in [0.5, 0.6) is 0 Å². The molecule has 24 heavy (non-hydrogen) atoms. The predicted octanol–water partition coefficient (Wildman–Crippen LogP) is 2.78. The lowest BCUT2D eigenvalue weighted by molar-refractivity contribution is -0.181. The lowest BCUT2D eigenvalue weighted by atomic mass is 10.0. The minimum absolute atomic E-state index is 0.0740. The molecule has 0 bridgehead atoms. The highest BCUT2D eigenvalue weighted by Gasteiger charge is 2.25. The SMILES string of the molecule is O=CN(CC1CCc2ccccc2NC1=O)OCc1ccccc1. The molecular formula is C19H20N2O3. The van der Waals surface area contributed by atoms with E-state index >= 15 is 0 Å². The summed E-state index contributed by atoms with van der Waals surface area (Å²) in [6.07, 6.45) is 2.11. The molecule has 2 aromatic carbocycles. The van der Waals surface area contributed by atoms with Crippen molar-refractivity contribution >= 4 is 18.0 Å². The van der Waals surface area contributed by atoms with Crippen molar-refractivity contribution in [3.8, 4) is 0 Å². The van der Waals surface area contributed by atoms with Gasteiger partial charge in [0.25, 0.3) is 0 Å². The Kier molecular flexibility index (Phi) is 5.23. The molecule has 5 heteroatoms. The van der Waals surface area contributed by atoms with E-state index < -0.39 is 0 Å². The van der Waals surface area contributed by atoms with Crippen LogP contribution < -0.4 is 5.32 Å². The summed E-state index contributed by atoms with van der Waals surface area (Å²) in [6, 6.07) is 17.4. The zero-order chi connectivity index (χ0) is 16.8. The first-order valence-corrected chi connectivity index (χ1v) is 8.04. The largest absolute Gasteiger partial charge is 0.326 e. The lowest BCUT2D eigenvalue weighted by Gasteiger charge is -2.21. The monoisotopic (exact) mass is 324 g/mol. The van der Waals surface area contributed by atoms with Gasteiger partial charge in [-0.25, -0.2) is 5.06 Å². The summed E-state index contributed by atoms with van der Waals surface area (Å²) in [5, 5.41) is 4.15. The number of anilines is 1. The number of carbonyl (C=O) groups is 2. The fraction of sp³-hybridized carbons (Fsp3) is 0.263. The first-order valence-electron chi connectivity index (χ1n) is 8.04. The summed E-state index contributed by atoms with van der Waals surface area (Å²) in [4.78, 5) is 29.2. The third-order valence-corrected chi connectivity index (χ3v) is 4.17. The molecule has 0 fully saturated rings. The van der Waals surface area contributed by atoms with E-state index in [4.69, 9.17) is 4.84 Å². The van der Waals surface area contributed by atoms with Crippen molar-refractivity contribution < 1.29 is 14.4 Å². The van der Waals surface area contributed by atoms with Crippen LogP contribution in [0.25, 0.3) is 0 Å². The van der Waals surface area contributed by atoms with Crippen LogP contribution in [0.4, 0.5) is 5.69 Å². The fourth-order valence-electron chi connectivity index (χ4n) is 2.81. The predicted molar refractivity (Wildman–Crippen MR) is 90.9 cm³/mol. The smallest absolute Gasteiger partial charge is 0.233 e. The molecule has 0 spiro atoms. The maximum absolute atomic E-state index is 12.4. The van der Waals surface area contributed by atoms with Crippen molar-refractivity contribution in [2.45, 2.75) is 19.4 Å². The Labute approximate surface area is 141 Å². The molecule has 1 unspecified atom stereocenters. The zero-order valence-corrected chi connectivity index (χ0v) is 13.4. The van der Waals surface area contributed by atoms with Gasteiger partial charge in [-0.05, 0) is 30.0 Å². The van der Waals surface area contributed by atoms with E-state index in [9.17, 15) is 9.59 Å². The molecule has 1 atom stereocenters. The average molecular weight is 324 g/mol. The molecule has 1 aliphatic heterocycles. The maximum Gasteiger partial charge on any atom is 0.233 e. The average Bonchev–Trinajstić information content (AvgIpc) is 2.78. The number of hydroxylamine groups is 2. The van der Waals surface area contributed by atoms with Crippen LogP contribution in [0.3, 0.4) is 0 Å². The lowest BCUT2D eigenvalue weighted by Crippen LogP contribution is -2.34. The van der Waals surface area contributed by atoms with Crippen molar-refractivity contribution in [2.24, 2.45) is 5.92 Å². The van der Waals surface area contributed by atoms with E-state index in [0.29, 0.717) is 19.4 Å². The summed E-state index contributed by atoms with van der Waals surface area (Å²) >= 11 is 0. The minimum Gasteiger partial charge on any atom is -0.326 e. The second kappa shape index (κ2) is 7.75. The third kappa shape index (κ3) is 4.00. The number of hydrogen-bond acceptors (Lipinski definition) is 3. The molecule has 0 aliphatic carbocycles. The summed E-state index contributed by atoms with van der Waals surface area (Å²) in [5.41, 5.74) is 2.95. The van der Waals surface area contributed by atoms with Crippen molar-refractivity contribution in [1.29, 1.82) is 0 Å². The number of aryl methyl sites for hydroxylation is 1. The number of hydrogen-bond donors (Lipinski definition) is 1. The standard InChI is InChI=1S/C19H20N2O3/c22-14-21(24-13-15-6-2-1-3-7-15)12-17-11-10-16-8-4-5-9-18(16)20-19(17)23/h1-9,14,17H,10-13H2,(H,20,23). The molecule has 3 rings (SSSR count). The molecule has 1 N–H and O–H groups in total. The fourth-order valence-corrected chi connectivity index (χ4v) is 2.81. The Morgan fingerprint density at radius 1 is 1.12 bits per heavy atom. The van der Waals surface area contributed by atoms with Crippen LogP contribution in [-0.4, -0.2) is 23.9 Å². The number of amides is 2. The highest BCUT2D eigenvalue weighted by molar-refractivity contribution is 5.94. The van der Waals surface area contributed by atoms with Crippen molar-refractivity contribution in [3.05, 3.63) is 65.7 Å². The van der Waals surface area contributed by atoms with Crippen molar-refractivity contribution in [2.75, 3.05) is 11.9 Å². The van der Waals surface area contributed by atoms with E-state index in [-0.39, 0.29) is 18.4 Å². The molecule has 0 saturated carbocycles. The van der Waals surface area contributed by atoms with E-state index in [0.717, 1.165) is 23.2 Å². The van der Waals surface area contributed by atoms with Crippen LogP contribution in [0.1, 0.15) is 17.5 Å². The summed E-state index contributed by atoms with van der Waals surface area (Å²) in [7, 11) is 0. The molecule has 1 aliphatic rings. The highest BCUT2D eigenvalue weighted by Crippen LogP contribution is 2.24. The van der Waals surface area contributed by atoms with Gasteiger partial charge in [0.1, 0.15) is 6.61 Å². The molecule has 2 amide bonds. The van der Waals surface area contributed by atoms with E-state index in [1.54, 1.807) is 0 Å². The molecule has 0 saturated heterocycles. The van der Waals surface area contributed by atoms with Gasteiger partial charge in [-0.2, -0.15) is 0 Å². The number of nitrogens with zero attached hydrogens (tertiary/aromatic N) is 1. The summed E-state index contributed by atoms with van der Waals surface area (Å²) in [6.45, 7) is 0.546. The second-order valence-corrected chi connectivity index (χ2v) is 5.85. The van der Waals surface area contributed by atoms with Crippen LogP contribution >= 0.6 is 0 Å². The van der Waals surface area contributed by atoms with Gasteiger partial charge in [-0.15, -0.1) is 0 Å². The Balaban J connectivity index is 1.59. The summed E-state index contributed by atoms with van der Waals surface area (Å²) < 4.78 is 0. The maximum atomic E-state index is 12.4. The van der Waals surface area contributed by atoms with Gasteiger partial charge in [-0.3, -0.25) is 14.4 Å². The first kappa shape index (κ1) is 16.2. The van der Waals surface area contributed by atoms with Crippen molar-refractivity contribution in [3.63, 3.8) is 0 Å². The van der Waals surface area contributed by atoms with E-state index in [1.165, 1.54) is 5.06 Å². The third-order valence-electron chi connectivity index (χ3n) is 4.17.